The molecule has 0 atom stereocenters. The maximum Gasteiger partial charge on any atom is 0.262 e. The molecule has 2 rings (SSSR count). The fraction of sp³-hybridized carbons (Fsp3) is 0.278. The molecule has 0 aromatic heterocycles. The van der Waals surface area contributed by atoms with E-state index in [-0.39, 0.29) is 17.2 Å². The Labute approximate surface area is 163 Å². The van der Waals surface area contributed by atoms with Crippen LogP contribution in [0.2, 0.25) is 5.02 Å². The van der Waals surface area contributed by atoms with Crippen molar-refractivity contribution in [3.63, 3.8) is 0 Å². The number of amides is 1. The van der Waals surface area contributed by atoms with Gasteiger partial charge in [-0.3, -0.25) is 4.79 Å². The van der Waals surface area contributed by atoms with E-state index in [1.807, 2.05) is 6.92 Å². The van der Waals surface area contributed by atoms with Gasteiger partial charge in [0, 0.05) is 19.1 Å². The van der Waals surface area contributed by atoms with Crippen LogP contribution in [0.3, 0.4) is 0 Å². The lowest BCUT2D eigenvalue weighted by molar-refractivity contribution is -0.118. The lowest BCUT2D eigenvalue weighted by Crippen LogP contribution is -2.23. The van der Waals surface area contributed by atoms with Crippen molar-refractivity contribution in [2.45, 2.75) is 11.8 Å². The van der Waals surface area contributed by atoms with Crippen LogP contribution >= 0.6 is 11.6 Å². The number of rotatable bonds is 7. The summed E-state index contributed by atoms with van der Waals surface area (Å²) in [7, 11) is 0.648. The molecule has 0 aliphatic heterocycles. The van der Waals surface area contributed by atoms with Gasteiger partial charge in [0.05, 0.1) is 17.7 Å². The summed E-state index contributed by atoms with van der Waals surface area (Å²) in [5.74, 6) is 0.413. The number of hydrogen-bond acceptors (Lipinski definition) is 5. The Balaban J connectivity index is 2.16. The molecule has 0 radical (unpaired) electrons. The van der Waals surface area contributed by atoms with Crippen LogP contribution in [0.4, 0.5) is 5.69 Å². The van der Waals surface area contributed by atoms with E-state index >= 15 is 0 Å². The quantitative estimate of drug-likeness (QED) is 0.755. The average Bonchev–Trinajstić information content (AvgIpc) is 2.60. The zero-order chi connectivity index (χ0) is 20.2. The van der Waals surface area contributed by atoms with Crippen molar-refractivity contribution < 1.29 is 22.7 Å². The van der Waals surface area contributed by atoms with E-state index in [9.17, 15) is 13.2 Å². The molecule has 27 heavy (non-hydrogen) atoms. The molecule has 1 N–H and O–H groups in total. The van der Waals surface area contributed by atoms with Crippen molar-refractivity contribution >= 4 is 33.2 Å². The zero-order valence-electron chi connectivity index (χ0n) is 15.4. The largest absolute Gasteiger partial charge is 0.495 e. The molecule has 0 heterocycles. The van der Waals surface area contributed by atoms with Gasteiger partial charge >= 0.3 is 0 Å². The van der Waals surface area contributed by atoms with Gasteiger partial charge < -0.3 is 14.8 Å². The number of carbonyl (C=O) groups excluding carboxylic acids is 1. The normalized spacial score (nSPS) is 11.3. The Kier molecular flexibility index (Phi) is 6.69. The van der Waals surface area contributed by atoms with E-state index in [1.54, 1.807) is 18.2 Å². The van der Waals surface area contributed by atoms with Crippen molar-refractivity contribution in [3.8, 4) is 11.5 Å². The molecule has 146 valence electrons. The highest BCUT2D eigenvalue weighted by Gasteiger charge is 2.20. The van der Waals surface area contributed by atoms with Gasteiger partial charge in [0.2, 0.25) is 10.0 Å². The van der Waals surface area contributed by atoms with Crippen LogP contribution in [0.15, 0.2) is 41.3 Å². The topological polar surface area (TPSA) is 84.9 Å². The fourth-order valence-electron chi connectivity index (χ4n) is 2.26. The molecular formula is C18H21ClN2O5S. The predicted molar refractivity (Wildman–Crippen MR) is 104 cm³/mol. The van der Waals surface area contributed by atoms with E-state index in [2.05, 4.69) is 5.32 Å². The monoisotopic (exact) mass is 412 g/mol. The number of anilines is 1. The number of sulfonamides is 1. The SMILES string of the molecule is COc1ccc(S(=O)(=O)N(C)C)cc1NC(=O)COc1ccc(Cl)cc1C. The molecule has 7 nitrogen and oxygen atoms in total. The number of nitrogens with zero attached hydrogens (tertiary/aromatic N) is 1. The lowest BCUT2D eigenvalue weighted by Gasteiger charge is -2.15. The summed E-state index contributed by atoms with van der Waals surface area (Å²) in [4.78, 5) is 12.3. The van der Waals surface area contributed by atoms with Gasteiger partial charge in [-0.05, 0) is 48.9 Å². The summed E-state index contributed by atoms with van der Waals surface area (Å²) < 4.78 is 36.3. The lowest BCUT2D eigenvalue weighted by atomic mass is 10.2. The molecule has 0 unspecified atom stereocenters. The van der Waals surface area contributed by atoms with Crippen molar-refractivity contribution in [1.82, 2.24) is 4.31 Å². The van der Waals surface area contributed by atoms with Crippen molar-refractivity contribution in [1.29, 1.82) is 0 Å². The molecule has 0 spiro atoms. The third-order valence-corrected chi connectivity index (χ3v) is 5.77. The van der Waals surface area contributed by atoms with E-state index in [0.29, 0.717) is 16.5 Å². The van der Waals surface area contributed by atoms with E-state index < -0.39 is 15.9 Å². The Hall–Kier alpha value is -2.29. The summed E-state index contributed by atoms with van der Waals surface area (Å²) in [5, 5.41) is 3.19. The fourth-order valence-corrected chi connectivity index (χ4v) is 3.42. The van der Waals surface area contributed by atoms with Crippen LogP contribution in [0.5, 0.6) is 11.5 Å². The van der Waals surface area contributed by atoms with Crippen LogP contribution in [0, 0.1) is 6.92 Å². The molecule has 0 aliphatic rings. The number of hydrogen-bond donors (Lipinski definition) is 1. The third-order valence-electron chi connectivity index (χ3n) is 3.72. The number of aryl methyl sites for hydroxylation is 1. The second-order valence-electron chi connectivity index (χ2n) is 5.90. The summed E-state index contributed by atoms with van der Waals surface area (Å²) in [6.45, 7) is 1.56. The highest BCUT2D eigenvalue weighted by molar-refractivity contribution is 7.89. The second kappa shape index (κ2) is 8.60. The van der Waals surface area contributed by atoms with Crippen LogP contribution in [0.25, 0.3) is 0 Å². The average molecular weight is 413 g/mol. The predicted octanol–water partition coefficient (Wildman–Crippen LogP) is 2.92. The van der Waals surface area contributed by atoms with Crippen molar-refractivity contribution in [2.24, 2.45) is 0 Å². The smallest absolute Gasteiger partial charge is 0.262 e. The number of nitrogens with one attached hydrogen (secondary N) is 1. The highest BCUT2D eigenvalue weighted by atomic mass is 35.5. The van der Waals surface area contributed by atoms with Gasteiger partial charge in [0.25, 0.3) is 5.91 Å². The first kappa shape index (κ1) is 21.0. The van der Waals surface area contributed by atoms with Gasteiger partial charge in [-0.1, -0.05) is 11.6 Å². The number of methoxy groups -OCH3 is 1. The summed E-state index contributed by atoms with van der Waals surface area (Å²) in [6.07, 6.45) is 0. The molecule has 0 saturated carbocycles. The first-order valence-electron chi connectivity index (χ1n) is 7.94. The Morgan fingerprint density at radius 3 is 2.41 bits per heavy atom. The van der Waals surface area contributed by atoms with Crippen LogP contribution in [0.1, 0.15) is 5.56 Å². The van der Waals surface area contributed by atoms with E-state index in [0.717, 1.165) is 9.87 Å². The van der Waals surface area contributed by atoms with Crippen LogP contribution in [-0.4, -0.2) is 46.4 Å². The van der Waals surface area contributed by atoms with Gasteiger partial charge in [-0.15, -0.1) is 0 Å². The van der Waals surface area contributed by atoms with E-state index in [1.165, 1.54) is 39.4 Å². The third kappa shape index (κ3) is 5.12. The Morgan fingerprint density at radius 2 is 1.81 bits per heavy atom. The summed E-state index contributed by atoms with van der Waals surface area (Å²) >= 11 is 5.89. The van der Waals surface area contributed by atoms with Gasteiger partial charge in [0.1, 0.15) is 11.5 Å². The Morgan fingerprint density at radius 1 is 1.15 bits per heavy atom. The minimum absolute atomic E-state index is 0.0399. The van der Waals surface area contributed by atoms with Crippen molar-refractivity contribution in [3.05, 3.63) is 47.0 Å². The van der Waals surface area contributed by atoms with Gasteiger partial charge in [-0.25, -0.2) is 12.7 Å². The molecule has 0 bridgehead atoms. The minimum atomic E-state index is -3.64. The molecule has 1 amide bonds. The standard InChI is InChI=1S/C18H21ClN2O5S/c1-12-9-13(19)5-7-16(12)26-11-18(22)20-15-10-14(6-8-17(15)25-4)27(23,24)21(2)3/h5-10H,11H2,1-4H3,(H,20,22). The van der Waals surface area contributed by atoms with E-state index in [4.69, 9.17) is 21.1 Å². The maximum absolute atomic E-state index is 12.3. The van der Waals surface area contributed by atoms with Gasteiger partial charge in [-0.2, -0.15) is 0 Å². The minimum Gasteiger partial charge on any atom is -0.495 e. The molecule has 2 aromatic rings. The molecule has 0 fully saturated rings. The molecular weight excluding hydrogens is 392 g/mol. The first-order chi connectivity index (χ1) is 12.6. The maximum atomic E-state index is 12.3. The number of carbonyl (C=O) groups is 1. The summed E-state index contributed by atoms with van der Waals surface area (Å²) in [5.41, 5.74) is 1.04. The Bertz CT molecular complexity index is 945. The zero-order valence-corrected chi connectivity index (χ0v) is 17.0. The van der Waals surface area contributed by atoms with Gasteiger partial charge in [0.15, 0.2) is 6.61 Å². The highest BCUT2D eigenvalue weighted by Crippen LogP contribution is 2.28. The number of halogens is 1. The number of benzene rings is 2. The van der Waals surface area contributed by atoms with Crippen LogP contribution < -0.4 is 14.8 Å². The molecule has 9 heteroatoms. The van der Waals surface area contributed by atoms with Crippen molar-refractivity contribution in [2.75, 3.05) is 33.1 Å². The second-order valence-corrected chi connectivity index (χ2v) is 8.48. The molecule has 0 aliphatic carbocycles. The summed E-state index contributed by atoms with van der Waals surface area (Å²) in [6, 6.07) is 9.32. The number of ether oxygens (including phenoxy) is 2. The molecule has 2 aromatic carbocycles. The van der Waals surface area contributed by atoms with Crippen LogP contribution in [-0.2, 0) is 14.8 Å². The molecule has 0 saturated heterocycles. The first-order valence-corrected chi connectivity index (χ1v) is 9.76.